The van der Waals surface area contributed by atoms with Crippen LogP contribution >= 0.6 is 0 Å². The molecular formula is C19H23N7O. The fourth-order valence-electron chi connectivity index (χ4n) is 3.77. The maximum absolute atomic E-state index is 6.70. The largest absolute Gasteiger partial charge is 0.381 e. The van der Waals surface area contributed by atoms with Crippen molar-refractivity contribution in [3.63, 3.8) is 0 Å². The molecule has 4 N–H and O–H groups in total. The lowest BCUT2D eigenvalue weighted by atomic mass is 10.1. The summed E-state index contributed by atoms with van der Waals surface area (Å²) in [4.78, 5) is 4.91. The van der Waals surface area contributed by atoms with Gasteiger partial charge in [0.1, 0.15) is 11.3 Å². The van der Waals surface area contributed by atoms with E-state index in [1.165, 1.54) is 0 Å². The van der Waals surface area contributed by atoms with Gasteiger partial charge in [-0.25, -0.2) is 4.68 Å². The first-order chi connectivity index (χ1) is 13.1. The van der Waals surface area contributed by atoms with Crippen molar-refractivity contribution in [2.75, 3.05) is 24.0 Å². The van der Waals surface area contributed by atoms with Crippen molar-refractivity contribution in [1.29, 1.82) is 0 Å². The third-order valence-electron chi connectivity index (χ3n) is 5.29. The fraction of sp³-hybridized carbons (Fsp3) is 0.368. The average Bonchev–Trinajstić information content (AvgIpc) is 3.23. The molecule has 2 aliphatic rings. The predicted molar refractivity (Wildman–Crippen MR) is 103 cm³/mol. The molecule has 3 aromatic rings. The van der Waals surface area contributed by atoms with Crippen LogP contribution in [0.2, 0.25) is 0 Å². The van der Waals surface area contributed by atoms with Crippen molar-refractivity contribution >= 4 is 16.7 Å². The highest BCUT2D eigenvalue weighted by Crippen LogP contribution is 2.27. The summed E-state index contributed by atoms with van der Waals surface area (Å²) in [5.74, 6) is -0.0321. The summed E-state index contributed by atoms with van der Waals surface area (Å²) in [5.41, 5.74) is 13.0. The van der Waals surface area contributed by atoms with Gasteiger partial charge in [0.15, 0.2) is 0 Å². The molecule has 0 aliphatic carbocycles. The van der Waals surface area contributed by atoms with Crippen LogP contribution in [0.25, 0.3) is 10.9 Å². The van der Waals surface area contributed by atoms with E-state index in [1.54, 1.807) is 0 Å². The molecule has 2 aliphatic heterocycles. The molecule has 2 aromatic heterocycles. The molecule has 27 heavy (non-hydrogen) atoms. The summed E-state index contributed by atoms with van der Waals surface area (Å²) in [6, 6.07) is 12.4. The molecule has 1 unspecified atom stereocenters. The van der Waals surface area contributed by atoms with E-state index in [9.17, 15) is 0 Å². The molecule has 1 atom stereocenters. The van der Waals surface area contributed by atoms with Gasteiger partial charge in [-0.15, -0.1) is 0 Å². The van der Waals surface area contributed by atoms with Crippen LogP contribution < -0.4 is 22.0 Å². The first-order valence-electron chi connectivity index (χ1n) is 9.23. The van der Waals surface area contributed by atoms with Crippen LogP contribution in [0.4, 0.5) is 5.82 Å². The normalized spacial score (nSPS) is 23.3. The number of nitrogens with one attached hydrogen (secondary N) is 2. The van der Waals surface area contributed by atoms with Gasteiger partial charge in [-0.2, -0.15) is 5.10 Å². The second kappa shape index (κ2) is 6.11. The molecular weight excluding hydrogens is 342 g/mol. The fourth-order valence-corrected chi connectivity index (χ4v) is 3.77. The number of pyridine rings is 1. The lowest BCUT2D eigenvalue weighted by Gasteiger charge is -2.25. The van der Waals surface area contributed by atoms with E-state index in [2.05, 4.69) is 21.9 Å². The van der Waals surface area contributed by atoms with Gasteiger partial charge in [0, 0.05) is 31.2 Å². The van der Waals surface area contributed by atoms with Gasteiger partial charge in [0.2, 0.25) is 5.79 Å². The maximum Gasteiger partial charge on any atom is 0.204 e. The Labute approximate surface area is 156 Å². The van der Waals surface area contributed by atoms with Crippen LogP contribution in [0, 0.1) is 0 Å². The van der Waals surface area contributed by atoms with Crippen molar-refractivity contribution in [1.82, 2.24) is 14.5 Å². The van der Waals surface area contributed by atoms with Gasteiger partial charge >= 0.3 is 0 Å². The lowest BCUT2D eigenvalue weighted by molar-refractivity contribution is 0.0861. The number of nitrogens with zero attached hydrogens (tertiary/aromatic N) is 4. The van der Waals surface area contributed by atoms with Crippen LogP contribution in [0.1, 0.15) is 18.4 Å². The lowest BCUT2D eigenvalue weighted by Crippen LogP contribution is -2.50. The molecule has 0 spiro atoms. The summed E-state index contributed by atoms with van der Waals surface area (Å²) in [7, 11) is 1.93. The number of nitrogens with two attached hydrogens (primary N) is 1. The summed E-state index contributed by atoms with van der Waals surface area (Å²) >= 11 is 0. The highest BCUT2D eigenvalue weighted by molar-refractivity contribution is 5.79. The Balaban J connectivity index is 1.51. The molecule has 0 saturated carbocycles. The van der Waals surface area contributed by atoms with E-state index >= 15 is 0 Å². The summed E-state index contributed by atoms with van der Waals surface area (Å²) in [6.07, 6.45) is 3.75. The maximum atomic E-state index is 6.70. The monoisotopic (exact) mass is 365 g/mol. The average molecular weight is 365 g/mol. The zero-order valence-electron chi connectivity index (χ0n) is 15.2. The van der Waals surface area contributed by atoms with E-state index in [0.29, 0.717) is 0 Å². The van der Waals surface area contributed by atoms with E-state index in [1.807, 2.05) is 52.9 Å². The molecule has 140 valence electrons. The number of benzene rings is 1. The van der Waals surface area contributed by atoms with E-state index < -0.39 is 5.79 Å². The van der Waals surface area contributed by atoms with Crippen LogP contribution in [-0.2, 0) is 17.6 Å². The minimum atomic E-state index is -0.918. The molecule has 1 fully saturated rings. The van der Waals surface area contributed by atoms with Gasteiger partial charge in [-0.3, -0.25) is 20.8 Å². The van der Waals surface area contributed by atoms with Gasteiger partial charge in [0.25, 0.3) is 0 Å². The molecule has 1 aromatic carbocycles. The molecule has 0 radical (unpaired) electrons. The molecule has 4 heterocycles. The number of anilines is 1. The molecule has 0 bridgehead atoms. The third-order valence-corrected chi connectivity index (χ3v) is 5.29. The van der Waals surface area contributed by atoms with Crippen molar-refractivity contribution in [2.24, 2.45) is 17.8 Å². The molecule has 0 amide bonds. The zero-order chi connectivity index (χ0) is 18.4. The van der Waals surface area contributed by atoms with Crippen molar-refractivity contribution in [3.8, 4) is 0 Å². The molecule has 8 nitrogen and oxygen atoms in total. The SMILES string of the molecule is Cn1ncc2cc(C3(N)Nc4cccc(=NC5CCOCC5)n4N3)ccc21. The first kappa shape index (κ1) is 16.3. The highest BCUT2D eigenvalue weighted by atomic mass is 16.5. The van der Waals surface area contributed by atoms with Gasteiger partial charge in [0.05, 0.1) is 17.8 Å². The summed E-state index contributed by atoms with van der Waals surface area (Å²) < 4.78 is 9.22. The minimum absolute atomic E-state index is 0.277. The second-order valence-electron chi connectivity index (χ2n) is 7.16. The van der Waals surface area contributed by atoms with E-state index in [0.717, 1.165) is 53.8 Å². The number of aromatic nitrogens is 3. The smallest absolute Gasteiger partial charge is 0.204 e. The number of hydrogen-bond donors (Lipinski definition) is 3. The second-order valence-corrected chi connectivity index (χ2v) is 7.16. The number of rotatable bonds is 2. The quantitative estimate of drug-likeness (QED) is 0.634. The molecule has 8 heteroatoms. The van der Waals surface area contributed by atoms with Crippen molar-refractivity contribution in [3.05, 3.63) is 53.6 Å². The number of hydrogen-bond acceptors (Lipinski definition) is 6. The highest BCUT2D eigenvalue weighted by Gasteiger charge is 2.34. The zero-order valence-corrected chi connectivity index (χ0v) is 15.2. The standard InChI is InChI=1S/C19H23N7O/c1-25-16-6-5-14(11-13(16)12-21-25)19(20)23-18-4-2-3-17(26(18)24-19)22-15-7-9-27-10-8-15/h2-6,11-12,15,23-24H,7-10,20H2,1H3. The number of fused-ring (bicyclic) bond motifs is 2. The first-order valence-corrected chi connectivity index (χ1v) is 9.23. The van der Waals surface area contributed by atoms with Crippen LogP contribution in [0.5, 0.6) is 0 Å². The van der Waals surface area contributed by atoms with Crippen molar-refractivity contribution < 1.29 is 4.74 Å². The van der Waals surface area contributed by atoms with E-state index in [4.69, 9.17) is 15.5 Å². The van der Waals surface area contributed by atoms with Gasteiger partial charge in [-0.1, -0.05) is 12.1 Å². The number of aryl methyl sites for hydroxylation is 1. The Hall–Kier alpha value is -2.84. The Morgan fingerprint density at radius 1 is 1.26 bits per heavy atom. The molecule has 5 rings (SSSR count). The topological polar surface area (TPSA) is 94.4 Å². The Morgan fingerprint density at radius 2 is 2.11 bits per heavy atom. The van der Waals surface area contributed by atoms with Gasteiger partial charge < -0.3 is 10.1 Å². The van der Waals surface area contributed by atoms with Crippen LogP contribution in [0.15, 0.2) is 47.6 Å². The third kappa shape index (κ3) is 2.77. The predicted octanol–water partition coefficient (Wildman–Crippen LogP) is 1.19. The van der Waals surface area contributed by atoms with Crippen molar-refractivity contribution in [2.45, 2.75) is 24.7 Å². The van der Waals surface area contributed by atoms with Crippen LogP contribution in [-0.4, -0.2) is 33.7 Å². The Morgan fingerprint density at radius 3 is 2.96 bits per heavy atom. The summed E-state index contributed by atoms with van der Waals surface area (Å²) in [6.45, 7) is 1.54. The Bertz CT molecular complexity index is 1060. The van der Waals surface area contributed by atoms with Gasteiger partial charge in [-0.05, 0) is 37.1 Å². The molecule has 1 saturated heterocycles. The van der Waals surface area contributed by atoms with E-state index in [-0.39, 0.29) is 6.04 Å². The summed E-state index contributed by atoms with van der Waals surface area (Å²) in [5, 5.41) is 8.76. The number of ether oxygens (including phenoxy) is 1. The minimum Gasteiger partial charge on any atom is -0.381 e. The van der Waals surface area contributed by atoms with Crippen LogP contribution in [0.3, 0.4) is 0 Å². The Kier molecular flexibility index (Phi) is 3.70.